The minimum absolute atomic E-state index is 0.208. The number of aryl methyl sites for hydroxylation is 1. The zero-order valence-corrected chi connectivity index (χ0v) is 15.9. The number of carbonyl (C=O) groups excluding carboxylic acids is 1. The smallest absolute Gasteiger partial charge is 0.245 e. The number of nitrogens with zero attached hydrogens (tertiary/aromatic N) is 3. The normalized spacial score (nSPS) is 16.6. The molecule has 0 saturated carbocycles. The topological polar surface area (TPSA) is 38.1 Å². The van der Waals surface area contributed by atoms with E-state index in [1.54, 1.807) is 6.33 Å². The van der Waals surface area contributed by atoms with E-state index >= 15 is 0 Å². The van der Waals surface area contributed by atoms with Crippen LogP contribution in [0, 0.1) is 5.92 Å². The highest BCUT2D eigenvalue weighted by Crippen LogP contribution is 2.25. The van der Waals surface area contributed by atoms with Gasteiger partial charge in [0.05, 0.1) is 17.4 Å². The SMILES string of the molecule is C[C@H](C(=O)N1CCC(CCc2ccccc2)CC1)n1cnc2ccccc21. The van der Waals surface area contributed by atoms with Crippen molar-refractivity contribution >= 4 is 16.9 Å². The Balaban J connectivity index is 1.33. The monoisotopic (exact) mass is 361 g/mol. The van der Waals surface area contributed by atoms with Crippen LogP contribution in [0.4, 0.5) is 0 Å². The standard InChI is InChI=1S/C23H27N3O/c1-18(26-17-24-21-9-5-6-10-22(21)26)23(27)25-15-13-20(14-16-25)12-11-19-7-3-2-4-8-19/h2-10,17-18,20H,11-16H2,1H3/t18-/m1/s1. The number of hydrogen-bond donors (Lipinski definition) is 0. The van der Waals surface area contributed by atoms with Crippen LogP contribution in [0.15, 0.2) is 60.9 Å². The fraction of sp³-hybridized carbons (Fsp3) is 0.391. The summed E-state index contributed by atoms with van der Waals surface area (Å²) in [7, 11) is 0. The summed E-state index contributed by atoms with van der Waals surface area (Å²) >= 11 is 0. The first kappa shape index (κ1) is 17.8. The largest absolute Gasteiger partial charge is 0.341 e. The maximum absolute atomic E-state index is 13.0. The van der Waals surface area contributed by atoms with E-state index in [0.29, 0.717) is 0 Å². The molecule has 2 heterocycles. The highest BCUT2D eigenvalue weighted by molar-refractivity contribution is 5.83. The molecular formula is C23H27N3O. The Labute approximate surface area is 160 Å². The van der Waals surface area contributed by atoms with Gasteiger partial charge in [0, 0.05) is 13.1 Å². The quantitative estimate of drug-likeness (QED) is 0.672. The maximum atomic E-state index is 13.0. The summed E-state index contributed by atoms with van der Waals surface area (Å²) in [4.78, 5) is 19.5. The van der Waals surface area contributed by atoms with Crippen LogP contribution < -0.4 is 0 Å². The van der Waals surface area contributed by atoms with Crippen LogP contribution in [0.1, 0.15) is 37.8 Å². The van der Waals surface area contributed by atoms with Crippen LogP contribution in [0.25, 0.3) is 11.0 Å². The van der Waals surface area contributed by atoms with Gasteiger partial charge in [0.15, 0.2) is 0 Å². The van der Waals surface area contributed by atoms with Gasteiger partial charge >= 0.3 is 0 Å². The number of fused-ring (bicyclic) bond motifs is 1. The van der Waals surface area contributed by atoms with E-state index in [0.717, 1.165) is 49.3 Å². The Hall–Kier alpha value is -2.62. The predicted molar refractivity (Wildman–Crippen MR) is 109 cm³/mol. The van der Waals surface area contributed by atoms with Crippen molar-refractivity contribution in [3.8, 4) is 0 Å². The summed E-state index contributed by atoms with van der Waals surface area (Å²) in [5.41, 5.74) is 3.38. The van der Waals surface area contributed by atoms with Crippen LogP contribution in [0.2, 0.25) is 0 Å². The van der Waals surface area contributed by atoms with Crippen molar-refractivity contribution in [2.45, 2.75) is 38.6 Å². The van der Waals surface area contributed by atoms with Crippen molar-refractivity contribution in [3.05, 3.63) is 66.5 Å². The van der Waals surface area contributed by atoms with Crippen molar-refractivity contribution in [1.82, 2.24) is 14.5 Å². The summed E-state index contributed by atoms with van der Waals surface area (Å²) in [6.45, 7) is 3.72. The van der Waals surface area contributed by atoms with E-state index in [9.17, 15) is 4.79 Å². The molecule has 1 saturated heterocycles. The molecule has 0 radical (unpaired) electrons. The van der Waals surface area contributed by atoms with E-state index in [4.69, 9.17) is 0 Å². The second-order valence-corrected chi connectivity index (χ2v) is 7.61. The highest BCUT2D eigenvalue weighted by Gasteiger charge is 2.27. The molecule has 0 aliphatic carbocycles. The van der Waals surface area contributed by atoms with Gasteiger partial charge in [0.2, 0.25) is 5.91 Å². The van der Waals surface area contributed by atoms with Crippen LogP contribution in [0.3, 0.4) is 0 Å². The van der Waals surface area contributed by atoms with Gasteiger partial charge in [-0.1, -0.05) is 42.5 Å². The van der Waals surface area contributed by atoms with Gasteiger partial charge in [0.1, 0.15) is 6.04 Å². The molecule has 1 aromatic heterocycles. The molecule has 0 unspecified atom stereocenters. The van der Waals surface area contributed by atoms with Crippen molar-refractivity contribution in [1.29, 1.82) is 0 Å². The number of likely N-dealkylation sites (tertiary alicyclic amines) is 1. The molecule has 1 aliphatic rings. The number of hydrogen-bond acceptors (Lipinski definition) is 2. The highest BCUT2D eigenvalue weighted by atomic mass is 16.2. The third-order valence-corrected chi connectivity index (χ3v) is 5.87. The molecule has 0 spiro atoms. The van der Waals surface area contributed by atoms with E-state index < -0.39 is 0 Å². The molecule has 27 heavy (non-hydrogen) atoms. The Morgan fingerprint density at radius 2 is 1.78 bits per heavy atom. The molecule has 0 bridgehead atoms. The Bertz CT molecular complexity index is 894. The zero-order valence-electron chi connectivity index (χ0n) is 15.9. The second-order valence-electron chi connectivity index (χ2n) is 7.61. The van der Waals surface area contributed by atoms with Crippen molar-refractivity contribution in [2.24, 2.45) is 5.92 Å². The third-order valence-electron chi connectivity index (χ3n) is 5.87. The molecule has 4 nitrogen and oxygen atoms in total. The molecule has 3 aromatic rings. The first-order valence-corrected chi connectivity index (χ1v) is 9.96. The van der Waals surface area contributed by atoms with E-state index in [1.165, 1.54) is 12.0 Å². The summed E-state index contributed by atoms with van der Waals surface area (Å²) < 4.78 is 2.00. The number of imidazole rings is 1. The molecule has 4 heteroatoms. The summed E-state index contributed by atoms with van der Waals surface area (Å²) in [5, 5.41) is 0. The zero-order chi connectivity index (χ0) is 18.6. The Kier molecular flexibility index (Phi) is 5.23. The lowest BCUT2D eigenvalue weighted by Gasteiger charge is -2.34. The second kappa shape index (κ2) is 7.95. The van der Waals surface area contributed by atoms with Gasteiger partial charge in [-0.3, -0.25) is 4.79 Å². The van der Waals surface area contributed by atoms with Crippen molar-refractivity contribution < 1.29 is 4.79 Å². The van der Waals surface area contributed by atoms with Crippen molar-refractivity contribution in [2.75, 3.05) is 13.1 Å². The van der Waals surface area contributed by atoms with Crippen LogP contribution in [-0.2, 0) is 11.2 Å². The van der Waals surface area contributed by atoms with E-state index in [1.807, 2.05) is 40.7 Å². The summed E-state index contributed by atoms with van der Waals surface area (Å²) in [6.07, 6.45) is 6.36. The fourth-order valence-electron chi connectivity index (χ4n) is 4.13. The number of amides is 1. The van der Waals surface area contributed by atoms with Gasteiger partial charge in [0.25, 0.3) is 0 Å². The van der Waals surface area contributed by atoms with Gasteiger partial charge in [-0.15, -0.1) is 0 Å². The van der Waals surface area contributed by atoms with Gasteiger partial charge in [-0.25, -0.2) is 4.98 Å². The number of aromatic nitrogens is 2. The minimum atomic E-state index is -0.210. The molecule has 140 valence electrons. The van der Waals surface area contributed by atoms with Gasteiger partial charge < -0.3 is 9.47 Å². The first-order valence-electron chi connectivity index (χ1n) is 9.96. The third kappa shape index (κ3) is 3.90. The fourth-order valence-corrected chi connectivity index (χ4v) is 4.13. The van der Waals surface area contributed by atoms with Crippen molar-refractivity contribution in [3.63, 3.8) is 0 Å². The van der Waals surface area contributed by atoms with Crippen LogP contribution >= 0.6 is 0 Å². The van der Waals surface area contributed by atoms with Crippen LogP contribution in [-0.4, -0.2) is 33.4 Å². The molecule has 4 rings (SSSR count). The van der Waals surface area contributed by atoms with E-state index in [2.05, 4.69) is 35.3 Å². The van der Waals surface area contributed by atoms with E-state index in [-0.39, 0.29) is 11.9 Å². The number of para-hydroxylation sites is 2. The maximum Gasteiger partial charge on any atom is 0.245 e. The lowest BCUT2D eigenvalue weighted by molar-refractivity contribution is -0.135. The lowest BCUT2D eigenvalue weighted by Crippen LogP contribution is -2.41. The van der Waals surface area contributed by atoms with Gasteiger partial charge in [-0.2, -0.15) is 0 Å². The average Bonchev–Trinajstić information content (AvgIpc) is 3.16. The Morgan fingerprint density at radius 3 is 2.56 bits per heavy atom. The van der Waals surface area contributed by atoms with Crippen LogP contribution in [0.5, 0.6) is 0 Å². The number of rotatable bonds is 5. The number of benzene rings is 2. The Morgan fingerprint density at radius 1 is 1.07 bits per heavy atom. The summed E-state index contributed by atoms with van der Waals surface area (Å²) in [6, 6.07) is 18.5. The number of piperidine rings is 1. The number of carbonyl (C=O) groups is 1. The first-order chi connectivity index (χ1) is 13.2. The molecule has 0 N–H and O–H groups in total. The predicted octanol–water partition coefficient (Wildman–Crippen LogP) is 4.47. The lowest BCUT2D eigenvalue weighted by atomic mass is 9.90. The van der Waals surface area contributed by atoms with Gasteiger partial charge in [-0.05, 0) is 56.2 Å². The molecule has 1 fully saturated rings. The molecule has 2 aromatic carbocycles. The molecule has 1 amide bonds. The molecule has 1 atom stereocenters. The molecule has 1 aliphatic heterocycles. The molecular weight excluding hydrogens is 334 g/mol. The summed E-state index contributed by atoms with van der Waals surface area (Å²) in [5.74, 6) is 0.929. The minimum Gasteiger partial charge on any atom is -0.341 e. The average molecular weight is 361 g/mol.